The van der Waals surface area contributed by atoms with Crippen molar-refractivity contribution in [1.82, 2.24) is 0 Å². The molecule has 0 aliphatic carbocycles. The molecule has 0 bridgehead atoms. The Hall–Kier alpha value is -2.08. The number of hydrogen-bond donors (Lipinski definition) is 2. The first-order chi connectivity index (χ1) is 9.99. The highest BCUT2D eigenvalue weighted by molar-refractivity contribution is 9.10. The topological polar surface area (TPSA) is 64.3 Å². The van der Waals surface area contributed by atoms with Crippen LogP contribution in [0, 0.1) is 5.82 Å². The summed E-state index contributed by atoms with van der Waals surface area (Å²) in [6.07, 6.45) is 0.566. The Morgan fingerprint density at radius 3 is 2.48 bits per heavy atom. The Morgan fingerprint density at radius 1 is 1.29 bits per heavy atom. The van der Waals surface area contributed by atoms with Crippen molar-refractivity contribution >= 4 is 27.6 Å². The van der Waals surface area contributed by atoms with Crippen LogP contribution in [-0.2, 0) is 6.42 Å². The fraction of sp³-hybridized carbons (Fsp3) is 0.133. The van der Waals surface area contributed by atoms with E-state index >= 15 is 0 Å². The highest BCUT2D eigenvalue weighted by Gasteiger charge is 2.10. The fourth-order valence-corrected chi connectivity index (χ4v) is 2.64. The van der Waals surface area contributed by atoms with E-state index < -0.39 is 11.8 Å². The van der Waals surface area contributed by atoms with E-state index in [1.54, 1.807) is 12.1 Å². The third kappa shape index (κ3) is 3.95. The van der Waals surface area contributed by atoms with Gasteiger partial charge in [0, 0.05) is 5.69 Å². The molecule has 2 aromatic rings. The highest BCUT2D eigenvalue weighted by atomic mass is 79.9. The molecule has 2 rings (SSSR count). The first-order valence-electron chi connectivity index (χ1n) is 6.17. The summed E-state index contributed by atoms with van der Waals surface area (Å²) < 4.78 is 19.3. The second-order valence-electron chi connectivity index (χ2n) is 4.46. The maximum atomic E-state index is 13.8. The SMILES string of the molecule is COc1c(F)cc(Cc2ccc(NC(N)=O)cc2)cc1Br. The molecule has 0 saturated heterocycles. The largest absolute Gasteiger partial charge is 0.492 e. The third-order valence-electron chi connectivity index (χ3n) is 2.89. The van der Waals surface area contributed by atoms with Crippen molar-refractivity contribution in [2.75, 3.05) is 12.4 Å². The first kappa shape index (κ1) is 15.3. The Morgan fingerprint density at radius 2 is 1.95 bits per heavy atom. The molecule has 6 heteroatoms. The van der Waals surface area contributed by atoms with Gasteiger partial charge in [-0.15, -0.1) is 0 Å². The van der Waals surface area contributed by atoms with E-state index in [4.69, 9.17) is 10.5 Å². The smallest absolute Gasteiger partial charge is 0.316 e. The zero-order valence-electron chi connectivity index (χ0n) is 11.3. The number of halogens is 2. The van der Waals surface area contributed by atoms with Crippen molar-refractivity contribution in [1.29, 1.82) is 0 Å². The van der Waals surface area contributed by atoms with Gasteiger partial charge in [-0.05, 0) is 57.7 Å². The Balaban J connectivity index is 2.16. The van der Waals surface area contributed by atoms with Crippen LogP contribution in [-0.4, -0.2) is 13.1 Å². The number of urea groups is 1. The molecule has 0 aliphatic heterocycles. The Kier molecular flexibility index (Phi) is 4.80. The maximum Gasteiger partial charge on any atom is 0.316 e. The van der Waals surface area contributed by atoms with Crippen LogP contribution >= 0.6 is 15.9 Å². The summed E-state index contributed by atoms with van der Waals surface area (Å²) in [5.41, 5.74) is 7.46. The number of anilines is 1. The van der Waals surface area contributed by atoms with Gasteiger partial charge in [-0.1, -0.05) is 12.1 Å². The van der Waals surface area contributed by atoms with Gasteiger partial charge in [0.2, 0.25) is 0 Å². The van der Waals surface area contributed by atoms with Gasteiger partial charge in [-0.25, -0.2) is 9.18 Å². The summed E-state index contributed by atoms with van der Waals surface area (Å²) in [4.78, 5) is 10.7. The molecule has 0 saturated carbocycles. The van der Waals surface area contributed by atoms with Gasteiger partial charge in [-0.3, -0.25) is 0 Å². The number of primary amides is 1. The van der Waals surface area contributed by atoms with Gasteiger partial charge in [-0.2, -0.15) is 0 Å². The molecular weight excluding hydrogens is 339 g/mol. The normalized spacial score (nSPS) is 10.2. The predicted octanol–water partition coefficient (Wildman–Crippen LogP) is 3.68. The van der Waals surface area contributed by atoms with Gasteiger partial charge in [0.15, 0.2) is 11.6 Å². The average molecular weight is 353 g/mol. The number of carbonyl (C=O) groups is 1. The van der Waals surface area contributed by atoms with Crippen molar-refractivity contribution in [3.05, 3.63) is 57.8 Å². The van der Waals surface area contributed by atoms with Crippen molar-refractivity contribution in [3.63, 3.8) is 0 Å². The lowest BCUT2D eigenvalue weighted by Gasteiger charge is -2.09. The molecule has 0 unspecified atom stereocenters. The molecular formula is C15H14BrFN2O2. The molecule has 2 aromatic carbocycles. The Bertz CT molecular complexity index is 636. The van der Waals surface area contributed by atoms with Crippen molar-refractivity contribution < 1.29 is 13.9 Å². The molecule has 0 fully saturated rings. The van der Waals surface area contributed by atoms with Crippen LogP contribution < -0.4 is 15.8 Å². The van der Waals surface area contributed by atoms with E-state index in [1.165, 1.54) is 13.2 Å². The van der Waals surface area contributed by atoms with Crippen molar-refractivity contribution in [2.45, 2.75) is 6.42 Å². The van der Waals surface area contributed by atoms with Gasteiger partial charge in [0.1, 0.15) is 0 Å². The third-order valence-corrected chi connectivity index (χ3v) is 3.48. The lowest BCUT2D eigenvalue weighted by molar-refractivity contribution is 0.259. The standard InChI is InChI=1S/C15H14BrFN2O2/c1-21-14-12(16)7-10(8-13(14)17)6-9-2-4-11(5-3-9)19-15(18)20/h2-5,7-8H,6H2,1H3,(H3,18,19,20). The van der Waals surface area contributed by atoms with Gasteiger partial charge < -0.3 is 15.8 Å². The monoisotopic (exact) mass is 352 g/mol. The highest BCUT2D eigenvalue weighted by Crippen LogP contribution is 2.30. The second kappa shape index (κ2) is 6.58. The summed E-state index contributed by atoms with van der Waals surface area (Å²) in [6.45, 7) is 0. The van der Waals surface area contributed by atoms with Crippen LogP contribution in [0.2, 0.25) is 0 Å². The Labute approximate surface area is 130 Å². The van der Waals surface area contributed by atoms with Crippen molar-refractivity contribution in [2.24, 2.45) is 5.73 Å². The minimum absolute atomic E-state index is 0.194. The van der Waals surface area contributed by atoms with Gasteiger partial charge in [0.25, 0.3) is 0 Å². The van der Waals surface area contributed by atoms with E-state index in [-0.39, 0.29) is 5.75 Å². The van der Waals surface area contributed by atoms with E-state index in [0.717, 1.165) is 11.1 Å². The molecule has 0 radical (unpaired) electrons. The molecule has 0 aliphatic rings. The molecule has 2 amide bonds. The fourth-order valence-electron chi connectivity index (χ4n) is 1.99. The molecule has 0 aromatic heterocycles. The van der Waals surface area contributed by atoms with Crippen LogP contribution in [0.5, 0.6) is 5.75 Å². The van der Waals surface area contributed by atoms with E-state index in [0.29, 0.717) is 16.6 Å². The minimum Gasteiger partial charge on any atom is -0.492 e. The lowest BCUT2D eigenvalue weighted by atomic mass is 10.0. The number of nitrogens with one attached hydrogen (secondary N) is 1. The second-order valence-corrected chi connectivity index (χ2v) is 5.31. The minimum atomic E-state index is -0.607. The number of carbonyl (C=O) groups excluding carboxylic acids is 1. The van der Waals surface area contributed by atoms with Crippen LogP contribution in [0.4, 0.5) is 14.9 Å². The molecule has 0 atom stereocenters. The maximum absolute atomic E-state index is 13.8. The molecule has 0 heterocycles. The molecule has 21 heavy (non-hydrogen) atoms. The van der Waals surface area contributed by atoms with E-state index in [9.17, 15) is 9.18 Å². The number of amides is 2. The number of ether oxygens (including phenoxy) is 1. The van der Waals surface area contributed by atoms with Gasteiger partial charge >= 0.3 is 6.03 Å². The average Bonchev–Trinajstić information content (AvgIpc) is 2.40. The number of benzene rings is 2. The molecule has 0 spiro atoms. The molecule has 110 valence electrons. The number of methoxy groups -OCH3 is 1. The summed E-state index contributed by atoms with van der Waals surface area (Å²) in [6, 6.07) is 9.84. The van der Waals surface area contributed by atoms with E-state index in [1.807, 2.05) is 18.2 Å². The van der Waals surface area contributed by atoms with Crippen LogP contribution in [0.15, 0.2) is 40.9 Å². The van der Waals surface area contributed by atoms with Crippen LogP contribution in [0.1, 0.15) is 11.1 Å². The van der Waals surface area contributed by atoms with Crippen LogP contribution in [0.3, 0.4) is 0 Å². The van der Waals surface area contributed by atoms with E-state index in [2.05, 4.69) is 21.2 Å². The quantitative estimate of drug-likeness (QED) is 0.881. The summed E-state index contributed by atoms with van der Waals surface area (Å²) in [7, 11) is 1.42. The number of hydrogen-bond acceptors (Lipinski definition) is 2. The van der Waals surface area contributed by atoms with Crippen LogP contribution in [0.25, 0.3) is 0 Å². The zero-order valence-corrected chi connectivity index (χ0v) is 12.9. The number of rotatable bonds is 4. The first-order valence-corrected chi connectivity index (χ1v) is 6.96. The number of nitrogens with two attached hydrogens (primary N) is 1. The molecule has 4 nitrogen and oxygen atoms in total. The lowest BCUT2D eigenvalue weighted by Crippen LogP contribution is -2.19. The summed E-state index contributed by atoms with van der Waals surface area (Å²) >= 11 is 3.28. The molecule has 3 N–H and O–H groups in total. The van der Waals surface area contributed by atoms with Crippen molar-refractivity contribution in [3.8, 4) is 5.75 Å². The predicted molar refractivity (Wildman–Crippen MR) is 83.1 cm³/mol. The van der Waals surface area contributed by atoms with Gasteiger partial charge in [0.05, 0.1) is 11.6 Å². The summed E-state index contributed by atoms with van der Waals surface area (Å²) in [5, 5.41) is 2.48. The summed E-state index contributed by atoms with van der Waals surface area (Å²) in [5.74, 6) is -0.214. The zero-order chi connectivity index (χ0) is 15.4.